The molecule has 0 aromatic rings. The van der Waals surface area contributed by atoms with Crippen molar-refractivity contribution in [3.63, 3.8) is 0 Å². The predicted molar refractivity (Wildman–Crippen MR) is 32.6 cm³/mol. The summed E-state index contributed by atoms with van der Waals surface area (Å²) < 4.78 is 6.01. The van der Waals surface area contributed by atoms with Crippen LogP contribution in [0.1, 0.15) is 6.92 Å². The van der Waals surface area contributed by atoms with E-state index in [2.05, 4.69) is 15.8 Å². The molecule has 1 saturated heterocycles. The maximum Gasteiger partial charge on any atom is 0.158 e. The minimum Gasteiger partial charge on any atom is -0.346 e. The lowest BCUT2D eigenvalue weighted by molar-refractivity contribution is 0.663. The number of rotatable bonds is 1. The standard InChI is InChI=1S/C2H10N2Si2/c1-2-4-5-3-6-4/h3H,2,5-6H2,1H3. The summed E-state index contributed by atoms with van der Waals surface area (Å²) in [6.45, 7) is 3.55. The van der Waals surface area contributed by atoms with Gasteiger partial charge in [0.05, 0.1) is 0 Å². The zero-order valence-electron chi connectivity index (χ0n) is 4.07. The molecule has 0 saturated carbocycles. The fraction of sp³-hybridized carbons (Fsp3) is 1.00. The predicted octanol–water partition coefficient (Wildman–Crippen LogP) is -2.09. The van der Waals surface area contributed by atoms with Crippen molar-refractivity contribution in [2.75, 3.05) is 6.54 Å². The van der Waals surface area contributed by atoms with Gasteiger partial charge in [-0.1, -0.05) is 6.92 Å². The molecular formula is C2H10N2Si2. The summed E-state index contributed by atoms with van der Waals surface area (Å²) in [7, 11) is 0.328. The van der Waals surface area contributed by atoms with E-state index in [0.29, 0.717) is 0 Å². The zero-order valence-corrected chi connectivity index (χ0v) is 6.90. The first-order valence-corrected chi connectivity index (χ1v) is 5.04. The number of nitrogens with one attached hydrogen (secondary N) is 1. The Bertz CT molecular complexity index is 42.1. The van der Waals surface area contributed by atoms with Gasteiger partial charge in [-0.05, 0) is 6.54 Å². The van der Waals surface area contributed by atoms with Crippen molar-refractivity contribution in [3.8, 4) is 0 Å². The monoisotopic (exact) mass is 118 g/mol. The smallest absolute Gasteiger partial charge is 0.158 e. The van der Waals surface area contributed by atoms with Crippen molar-refractivity contribution in [2.45, 2.75) is 6.92 Å². The second-order valence-electron chi connectivity index (χ2n) is 1.55. The molecule has 36 valence electrons. The van der Waals surface area contributed by atoms with Crippen LogP contribution < -0.4 is 4.65 Å². The topological polar surface area (TPSA) is 15.3 Å². The van der Waals surface area contributed by atoms with E-state index in [4.69, 9.17) is 0 Å². The molecule has 0 radical (unpaired) electrons. The van der Waals surface area contributed by atoms with E-state index < -0.39 is 0 Å². The van der Waals surface area contributed by atoms with Crippen molar-refractivity contribution >= 4 is 19.7 Å². The highest BCUT2D eigenvalue weighted by atomic mass is 28.4. The lowest BCUT2D eigenvalue weighted by atomic mass is 10.8. The fourth-order valence-corrected chi connectivity index (χ4v) is 3.10. The van der Waals surface area contributed by atoms with E-state index >= 15 is 0 Å². The molecule has 0 atom stereocenters. The summed E-state index contributed by atoms with van der Waals surface area (Å²) in [5.74, 6) is 0. The van der Waals surface area contributed by atoms with E-state index in [-0.39, 0.29) is 19.7 Å². The van der Waals surface area contributed by atoms with Crippen molar-refractivity contribution in [1.82, 2.24) is 8.88 Å². The lowest BCUT2D eigenvalue weighted by Gasteiger charge is -2.29. The van der Waals surface area contributed by atoms with Crippen LogP contribution in [0.2, 0.25) is 0 Å². The van der Waals surface area contributed by atoms with Gasteiger partial charge >= 0.3 is 0 Å². The Morgan fingerprint density at radius 3 is 2.33 bits per heavy atom. The van der Waals surface area contributed by atoms with Crippen molar-refractivity contribution < 1.29 is 0 Å². The normalized spacial score (nSPS) is 31.5. The second-order valence-corrected chi connectivity index (χ2v) is 6.87. The van der Waals surface area contributed by atoms with Crippen molar-refractivity contribution in [3.05, 3.63) is 0 Å². The Morgan fingerprint density at radius 1 is 1.67 bits per heavy atom. The van der Waals surface area contributed by atoms with Crippen LogP contribution in [0.15, 0.2) is 0 Å². The van der Waals surface area contributed by atoms with Gasteiger partial charge in [-0.15, -0.1) is 0 Å². The minimum absolute atomic E-state index is 0.164. The highest BCUT2D eigenvalue weighted by Crippen LogP contribution is 1.82. The summed E-state index contributed by atoms with van der Waals surface area (Å²) in [5.41, 5.74) is 0. The molecule has 0 unspecified atom stereocenters. The molecule has 1 aliphatic heterocycles. The Labute approximate surface area is 42.9 Å². The third kappa shape index (κ3) is 0.702. The summed E-state index contributed by atoms with van der Waals surface area (Å²) >= 11 is 0. The highest BCUT2D eigenvalue weighted by molar-refractivity contribution is 6.64. The van der Waals surface area contributed by atoms with E-state index in [9.17, 15) is 0 Å². The molecule has 0 amide bonds. The Morgan fingerprint density at radius 2 is 2.33 bits per heavy atom. The van der Waals surface area contributed by atoms with Crippen LogP contribution in [0.3, 0.4) is 0 Å². The third-order valence-electron chi connectivity index (χ3n) is 1.12. The third-order valence-corrected chi connectivity index (χ3v) is 6.04. The molecule has 1 aliphatic rings. The molecular weight excluding hydrogens is 108 g/mol. The highest BCUT2D eigenvalue weighted by Gasteiger charge is 2.09. The average molecular weight is 118 g/mol. The number of hydrogen-bond donors (Lipinski definition) is 1. The summed E-state index contributed by atoms with van der Waals surface area (Å²) in [5, 5.41) is 0. The van der Waals surface area contributed by atoms with E-state index in [1.54, 1.807) is 0 Å². The van der Waals surface area contributed by atoms with Crippen LogP contribution in [-0.4, -0.2) is 30.5 Å². The van der Waals surface area contributed by atoms with Crippen molar-refractivity contribution in [1.29, 1.82) is 0 Å². The van der Waals surface area contributed by atoms with Crippen LogP contribution in [-0.2, 0) is 0 Å². The van der Waals surface area contributed by atoms with Crippen LogP contribution in [0, 0.1) is 0 Å². The summed E-state index contributed by atoms with van der Waals surface area (Å²) in [4.78, 5) is 0. The zero-order chi connectivity index (χ0) is 4.41. The summed E-state index contributed by atoms with van der Waals surface area (Å²) in [6.07, 6.45) is 0. The van der Waals surface area contributed by atoms with Crippen LogP contribution in [0.5, 0.6) is 0 Å². The minimum atomic E-state index is 0.164. The average Bonchev–Trinajstić information content (AvgIpc) is 1.31. The number of hydrogen-bond acceptors (Lipinski definition) is 2. The van der Waals surface area contributed by atoms with Gasteiger partial charge in [-0.25, -0.2) is 0 Å². The molecule has 1 heterocycles. The van der Waals surface area contributed by atoms with Crippen LogP contribution in [0.4, 0.5) is 0 Å². The summed E-state index contributed by atoms with van der Waals surface area (Å²) in [6, 6.07) is 0. The molecule has 1 fully saturated rings. The van der Waals surface area contributed by atoms with Gasteiger partial charge in [-0.2, -0.15) is 0 Å². The first-order valence-electron chi connectivity index (χ1n) is 2.36. The quantitative estimate of drug-likeness (QED) is 0.397. The molecule has 0 bridgehead atoms. The molecule has 2 nitrogen and oxygen atoms in total. The molecule has 0 aromatic heterocycles. The second kappa shape index (κ2) is 1.88. The van der Waals surface area contributed by atoms with Gasteiger partial charge in [0.1, 0.15) is 0 Å². The molecule has 1 rings (SSSR count). The van der Waals surface area contributed by atoms with Crippen molar-refractivity contribution in [2.24, 2.45) is 0 Å². The van der Waals surface area contributed by atoms with Gasteiger partial charge in [0, 0.05) is 0 Å². The number of nitrogens with zero attached hydrogens (tertiary/aromatic N) is 1. The van der Waals surface area contributed by atoms with Gasteiger partial charge in [0.15, 0.2) is 19.7 Å². The first-order chi connectivity index (χ1) is 2.93. The lowest BCUT2D eigenvalue weighted by Crippen LogP contribution is -2.58. The van der Waals surface area contributed by atoms with E-state index in [1.165, 1.54) is 6.54 Å². The molecule has 0 aliphatic carbocycles. The van der Waals surface area contributed by atoms with Crippen LogP contribution >= 0.6 is 0 Å². The SMILES string of the molecule is CCN1[SiH2]N[SiH2]1. The maximum absolute atomic E-state index is 3.42. The maximum atomic E-state index is 3.42. The largest absolute Gasteiger partial charge is 0.346 e. The van der Waals surface area contributed by atoms with E-state index in [0.717, 1.165) is 0 Å². The van der Waals surface area contributed by atoms with Gasteiger partial charge in [-0.3, -0.25) is 0 Å². The molecule has 1 N–H and O–H groups in total. The van der Waals surface area contributed by atoms with Crippen LogP contribution in [0.25, 0.3) is 0 Å². The molecule has 0 spiro atoms. The molecule has 6 heavy (non-hydrogen) atoms. The van der Waals surface area contributed by atoms with Gasteiger partial charge in [0.2, 0.25) is 0 Å². The molecule has 4 heteroatoms. The Balaban J connectivity index is 2.01. The first kappa shape index (κ1) is 4.51. The molecule has 0 aromatic carbocycles. The van der Waals surface area contributed by atoms with Gasteiger partial charge < -0.3 is 8.88 Å². The Kier molecular flexibility index (Phi) is 1.41. The Hall–Kier alpha value is 0.354. The van der Waals surface area contributed by atoms with E-state index in [1.807, 2.05) is 0 Å². The fourth-order valence-electron chi connectivity index (χ4n) is 0.494. The van der Waals surface area contributed by atoms with Gasteiger partial charge in [0.25, 0.3) is 0 Å².